The van der Waals surface area contributed by atoms with Crippen LogP contribution in [-0.4, -0.2) is 19.9 Å². The van der Waals surface area contributed by atoms with Crippen molar-refractivity contribution in [2.75, 3.05) is 0 Å². The van der Waals surface area contributed by atoms with Crippen LogP contribution in [0.2, 0.25) is 0 Å². The number of aromatic nitrogens is 3. The third kappa shape index (κ3) is 1.93. The molecule has 1 N–H and O–H groups in total. The van der Waals surface area contributed by atoms with E-state index in [1.54, 1.807) is 23.0 Å². The molecule has 0 amide bonds. The van der Waals surface area contributed by atoms with Crippen molar-refractivity contribution in [3.63, 3.8) is 0 Å². The molecule has 0 aliphatic heterocycles. The van der Waals surface area contributed by atoms with Crippen molar-refractivity contribution in [1.82, 2.24) is 14.8 Å². The van der Waals surface area contributed by atoms with Crippen molar-refractivity contribution in [2.24, 2.45) is 0 Å². The van der Waals surface area contributed by atoms with Gasteiger partial charge in [-0.2, -0.15) is 5.10 Å². The predicted molar refractivity (Wildman–Crippen MR) is 86.0 cm³/mol. The normalized spacial score (nSPS) is 10.9. The van der Waals surface area contributed by atoms with E-state index in [1.807, 2.05) is 54.6 Å². The Hall–Kier alpha value is -3.14. The lowest BCUT2D eigenvalue weighted by Crippen LogP contribution is -1.99. The molecule has 0 unspecified atom stereocenters. The zero-order valence-corrected chi connectivity index (χ0v) is 11.7. The highest BCUT2D eigenvalue weighted by Crippen LogP contribution is 2.32. The van der Waals surface area contributed by atoms with Crippen LogP contribution in [0.25, 0.3) is 28.0 Å². The number of hydrogen-bond acceptors (Lipinski definition) is 3. The van der Waals surface area contributed by atoms with E-state index in [9.17, 15) is 5.11 Å². The smallest absolute Gasteiger partial charge is 0.141 e. The second-order valence-corrected chi connectivity index (χ2v) is 4.99. The van der Waals surface area contributed by atoms with Gasteiger partial charge in [0.1, 0.15) is 28.2 Å². The number of fused-ring (bicyclic) bond motifs is 1. The number of rotatable bonds is 2. The summed E-state index contributed by atoms with van der Waals surface area (Å²) in [5.74, 6) is 0.187. The molecule has 2 aromatic carbocycles. The Morgan fingerprint density at radius 3 is 2.41 bits per heavy atom. The number of hydrogen-bond donors (Lipinski definition) is 1. The molecule has 0 spiro atoms. The maximum atomic E-state index is 10.2. The summed E-state index contributed by atoms with van der Waals surface area (Å²) in [6.07, 6.45) is 1.76. The van der Waals surface area contributed by atoms with Crippen molar-refractivity contribution < 1.29 is 5.11 Å². The monoisotopic (exact) mass is 287 g/mol. The number of nitrogens with zero attached hydrogens (tertiary/aromatic N) is 3. The van der Waals surface area contributed by atoms with Crippen LogP contribution in [0.1, 0.15) is 0 Å². The maximum Gasteiger partial charge on any atom is 0.141 e. The molecular formula is C18H13N3O. The van der Waals surface area contributed by atoms with E-state index in [2.05, 4.69) is 10.1 Å². The standard InChI is InChI=1S/C18H13N3O/c22-16-11-5-4-10-15(16)21-18(13-7-2-1-3-8-13)17-14(20-21)9-6-12-19-17/h1-12,22H. The fourth-order valence-corrected chi connectivity index (χ4v) is 2.59. The van der Waals surface area contributed by atoms with Crippen molar-refractivity contribution in [2.45, 2.75) is 0 Å². The van der Waals surface area contributed by atoms with Crippen molar-refractivity contribution >= 4 is 11.0 Å². The molecule has 4 aromatic rings. The van der Waals surface area contributed by atoms with Gasteiger partial charge >= 0.3 is 0 Å². The van der Waals surface area contributed by atoms with Gasteiger partial charge in [0.25, 0.3) is 0 Å². The third-order valence-electron chi connectivity index (χ3n) is 3.59. The van der Waals surface area contributed by atoms with Crippen LogP contribution in [-0.2, 0) is 0 Å². The SMILES string of the molecule is Oc1ccccc1-n1nc2cccnc2c1-c1ccccc1. The highest BCUT2D eigenvalue weighted by molar-refractivity contribution is 5.91. The van der Waals surface area contributed by atoms with Crippen molar-refractivity contribution in [3.05, 3.63) is 72.9 Å². The first-order chi connectivity index (χ1) is 10.8. The summed E-state index contributed by atoms with van der Waals surface area (Å²) in [6, 6.07) is 20.9. The summed E-state index contributed by atoms with van der Waals surface area (Å²) in [6.45, 7) is 0. The van der Waals surface area contributed by atoms with Crippen LogP contribution in [0, 0.1) is 0 Å². The minimum absolute atomic E-state index is 0.187. The van der Waals surface area contributed by atoms with Gasteiger partial charge in [-0.1, -0.05) is 42.5 Å². The topological polar surface area (TPSA) is 50.9 Å². The highest BCUT2D eigenvalue weighted by atomic mass is 16.3. The van der Waals surface area contributed by atoms with Crippen molar-refractivity contribution in [1.29, 1.82) is 0 Å². The number of aromatic hydroxyl groups is 1. The number of para-hydroxylation sites is 2. The molecule has 0 aliphatic rings. The fraction of sp³-hybridized carbons (Fsp3) is 0. The largest absolute Gasteiger partial charge is 0.506 e. The Morgan fingerprint density at radius 2 is 1.59 bits per heavy atom. The lowest BCUT2D eigenvalue weighted by atomic mass is 10.1. The zero-order valence-electron chi connectivity index (χ0n) is 11.7. The molecule has 4 heteroatoms. The van der Waals surface area contributed by atoms with Crippen LogP contribution in [0.3, 0.4) is 0 Å². The van der Waals surface area contributed by atoms with Gasteiger partial charge < -0.3 is 5.11 Å². The molecule has 0 aliphatic carbocycles. The number of phenols is 1. The predicted octanol–water partition coefficient (Wildman–Crippen LogP) is 3.79. The first-order valence-corrected chi connectivity index (χ1v) is 7.02. The van der Waals surface area contributed by atoms with Gasteiger partial charge in [0.15, 0.2) is 0 Å². The highest BCUT2D eigenvalue weighted by Gasteiger charge is 2.17. The first-order valence-electron chi connectivity index (χ1n) is 7.02. The number of benzene rings is 2. The van der Waals surface area contributed by atoms with Gasteiger partial charge in [0, 0.05) is 11.8 Å². The van der Waals surface area contributed by atoms with Crippen molar-refractivity contribution in [3.8, 4) is 22.7 Å². The molecule has 0 bridgehead atoms. The van der Waals surface area contributed by atoms with E-state index < -0.39 is 0 Å². The Labute approximate surface area is 127 Å². The third-order valence-corrected chi connectivity index (χ3v) is 3.59. The van der Waals surface area contributed by atoms with Gasteiger partial charge in [0.2, 0.25) is 0 Å². The van der Waals surface area contributed by atoms with Crippen LogP contribution in [0.15, 0.2) is 72.9 Å². The van der Waals surface area contributed by atoms with E-state index in [-0.39, 0.29) is 5.75 Å². The van der Waals surface area contributed by atoms with Crippen LogP contribution in [0.5, 0.6) is 5.75 Å². The molecule has 4 rings (SSSR count). The Bertz CT molecular complexity index is 945. The Kier molecular flexibility index (Phi) is 2.86. The van der Waals surface area contributed by atoms with E-state index in [1.165, 1.54) is 0 Å². The molecule has 0 radical (unpaired) electrons. The Balaban J connectivity index is 2.09. The summed E-state index contributed by atoms with van der Waals surface area (Å²) in [5.41, 5.74) is 4.13. The molecule has 2 aromatic heterocycles. The number of phenolic OH excluding ortho intramolecular Hbond substituents is 1. The van der Waals surface area contributed by atoms with E-state index >= 15 is 0 Å². The van der Waals surface area contributed by atoms with Gasteiger partial charge in [-0.25, -0.2) is 4.68 Å². The average Bonchev–Trinajstić information content (AvgIpc) is 2.95. The average molecular weight is 287 g/mol. The quantitative estimate of drug-likeness (QED) is 0.610. The van der Waals surface area contributed by atoms with E-state index in [4.69, 9.17) is 0 Å². The molecule has 2 heterocycles. The molecule has 106 valence electrons. The summed E-state index contributed by atoms with van der Waals surface area (Å²) in [7, 11) is 0. The fourth-order valence-electron chi connectivity index (χ4n) is 2.59. The van der Waals surface area contributed by atoms with Crippen LogP contribution < -0.4 is 0 Å². The molecule has 0 saturated heterocycles. The molecule has 0 fully saturated rings. The first kappa shape index (κ1) is 12.6. The summed E-state index contributed by atoms with van der Waals surface area (Å²) in [5, 5.41) is 14.8. The maximum absolute atomic E-state index is 10.2. The zero-order chi connectivity index (χ0) is 14.9. The molecule has 22 heavy (non-hydrogen) atoms. The lowest BCUT2D eigenvalue weighted by molar-refractivity contribution is 0.471. The van der Waals surface area contributed by atoms with Gasteiger partial charge in [-0.05, 0) is 24.3 Å². The second-order valence-electron chi connectivity index (χ2n) is 4.99. The van der Waals surface area contributed by atoms with Gasteiger partial charge in [-0.15, -0.1) is 0 Å². The Morgan fingerprint density at radius 1 is 0.818 bits per heavy atom. The number of pyridine rings is 1. The van der Waals surface area contributed by atoms with Crippen LogP contribution in [0.4, 0.5) is 0 Å². The van der Waals surface area contributed by atoms with E-state index in [0.29, 0.717) is 5.69 Å². The molecule has 0 saturated carbocycles. The second kappa shape index (κ2) is 5.00. The summed E-state index contributed by atoms with van der Waals surface area (Å²) < 4.78 is 1.75. The molecule has 4 nitrogen and oxygen atoms in total. The minimum atomic E-state index is 0.187. The van der Waals surface area contributed by atoms with E-state index in [0.717, 1.165) is 22.3 Å². The molecule has 0 atom stereocenters. The lowest BCUT2D eigenvalue weighted by Gasteiger charge is -2.09. The van der Waals surface area contributed by atoms with Gasteiger partial charge in [0.05, 0.1) is 0 Å². The summed E-state index contributed by atoms with van der Waals surface area (Å²) in [4.78, 5) is 4.47. The molecular weight excluding hydrogens is 274 g/mol. The van der Waals surface area contributed by atoms with Gasteiger partial charge in [-0.3, -0.25) is 4.98 Å². The van der Waals surface area contributed by atoms with Crippen LogP contribution >= 0.6 is 0 Å². The summed E-state index contributed by atoms with van der Waals surface area (Å²) >= 11 is 0. The minimum Gasteiger partial charge on any atom is -0.506 e.